The van der Waals surface area contributed by atoms with Gasteiger partial charge in [0.1, 0.15) is 6.04 Å². The Morgan fingerprint density at radius 1 is 1.33 bits per heavy atom. The molecule has 2 amide bonds. The number of ether oxygens (including phenoxy) is 1. The number of rotatable bonds is 3. The van der Waals surface area contributed by atoms with E-state index >= 15 is 0 Å². The van der Waals surface area contributed by atoms with Crippen LogP contribution < -0.4 is 5.32 Å². The van der Waals surface area contributed by atoms with Crippen LogP contribution in [0.2, 0.25) is 0 Å². The Balaban J connectivity index is 1.98. The van der Waals surface area contributed by atoms with Crippen molar-refractivity contribution in [3.63, 3.8) is 0 Å². The maximum Gasteiger partial charge on any atom is 0.407 e. The van der Waals surface area contributed by atoms with Crippen LogP contribution in [0.3, 0.4) is 0 Å². The van der Waals surface area contributed by atoms with Gasteiger partial charge in [0.05, 0.1) is 13.2 Å². The Labute approximate surface area is 106 Å². The molecule has 18 heavy (non-hydrogen) atoms. The summed E-state index contributed by atoms with van der Waals surface area (Å²) in [6, 6.07) is -0.507. The molecule has 0 aromatic rings. The summed E-state index contributed by atoms with van der Waals surface area (Å²) in [4.78, 5) is 25.2. The minimum atomic E-state index is -0.568. The van der Waals surface area contributed by atoms with Crippen molar-refractivity contribution in [2.24, 2.45) is 5.92 Å². The highest BCUT2D eigenvalue weighted by Crippen LogP contribution is 2.29. The normalized spacial score (nSPS) is 22.4. The van der Waals surface area contributed by atoms with Crippen LogP contribution in [0.1, 0.15) is 25.7 Å². The van der Waals surface area contributed by atoms with Gasteiger partial charge in [-0.05, 0) is 18.8 Å². The van der Waals surface area contributed by atoms with E-state index in [4.69, 9.17) is 0 Å². The number of β-amino-alcohol motifs (C(OH)–C–C–N with tert-alkyl or cyclic N) is 1. The van der Waals surface area contributed by atoms with Gasteiger partial charge in [-0.2, -0.15) is 0 Å². The first-order chi connectivity index (χ1) is 8.61. The Hall–Kier alpha value is -1.30. The van der Waals surface area contributed by atoms with Gasteiger partial charge < -0.3 is 20.1 Å². The first kappa shape index (κ1) is 13.1. The molecule has 1 aliphatic carbocycles. The van der Waals surface area contributed by atoms with Gasteiger partial charge in [0, 0.05) is 13.1 Å². The Morgan fingerprint density at radius 3 is 2.44 bits per heavy atom. The van der Waals surface area contributed by atoms with Crippen LogP contribution >= 0.6 is 0 Å². The van der Waals surface area contributed by atoms with Crippen molar-refractivity contribution in [2.75, 3.05) is 20.2 Å². The standard InChI is InChI=1S/C12H20N2O4/c1-18-12(17)13-10(8-4-2-3-5-8)11(16)14-6-9(15)7-14/h8-10,15H,2-7H2,1H3,(H,13,17). The summed E-state index contributed by atoms with van der Waals surface area (Å²) in [7, 11) is 1.29. The van der Waals surface area contributed by atoms with Crippen LogP contribution in [0.25, 0.3) is 0 Å². The van der Waals surface area contributed by atoms with Crippen molar-refractivity contribution in [3.8, 4) is 0 Å². The van der Waals surface area contributed by atoms with Gasteiger partial charge in [-0.15, -0.1) is 0 Å². The lowest BCUT2D eigenvalue weighted by molar-refractivity contribution is -0.144. The van der Waals surface area contributed by atoms with Gasteiger partial charge in [-0.25, -0.2) is 4.79 Å². The number of hydrogen-bond acceptors (Lipinski definition) is 4. The van der Waals surface area contributed by atoms with Gasteiger partial charge in [0.2, 0.25) is 5.91 Å². The van der Waals surface area contributed by atoms with Crippen molar-refractivity contribution >= 4 is 12.0 Å². The Kier molecular flexibility index (Phi) is 4.06. The van der Waals surface area contributed by atoms with E-state index < -0.39 is 18.2 Å². The molecule has 1 saturated heterocycles. The molecular formula is C12H20N2O4. The summed E-state index contributed by atoms with van der Waals surface area (Å²) >= 11 is 0. The molecule has 1 unspecified atom stereocenters. The molecule has 2 N–H and O–H groups in total. The van der Waals surface area contributed by atoms with E-state index in [1.165, 1.54) is 7.11 Å². The number of likely N-dealkylation sites (tertiary alicyclic amines) is 1. The molecule has 0 aromatic heterocycles. The predicted molar refractivity (Wildman–Crippen MR) is 63.9 cm³/mol. The lowest BCUT2D eigenvalue weighted by atomic mass is 9.95. The largest absolute Gasteiger partial charge is 0.453 e. The second-order valence-electron chi connectivity index (χ2n) is 5.06. The number of hydrogen-bond donors (Lipinski definition) is 2. The molecule has 2 fully saturated rings. The van der Waals surface area contributed by atoms with Crippen LogP contribution in [0.5, 0.6) is 0 Å². The third-order valence-electron chi connectivity index (χ3n) is 3.77. The van der Waals surface area contributed by atoms with Crippen LogP contribution in [-0.4, -0.2) is 54.4 Å². The average Bonchev–Trinajstić information content (AvgIpc) is 2.84. The van der Waals surface area contributed by atoms with Crippen LogP contribution in [0.15, 0.2) is 0 Å². The quantitative estimate of drug-likeness (QED) is 0.751. The fourth-order valence-electron chi connectivity index (χ4n) is 2.69. The van der Waals surface area contributed by atoms with E-state index in [1.807, 2.05) is 0 Å². The molecule has 0 spiro atoms. The van der Waals surface area contributed by atoms with Gasteiger partial charge >= 0.3 is 6.09 Å². The summed E-state index contributed by atoms with van der Waals surface area (Å²) in [6.07, 6.45) is 3.12. The zero-order valence-electron chi connectivity index (χ0n) is 10.6. The molecule has 0 bridgehead atoms. The third kappa shape index (κ3) is 2.75. The highest BCUT2D eigenvalue weighted by molar-refractivity contribution is 5.86. The highest BCUT2D eigenvalue weighted by atomic mass is 16.5. The summed E-state index contributed by atoms with van der Waals surface area (Å²) in [5.41, 5.74) is 0. The van der Waals surface area contributed by atoms with Crippen LogP contribution in [0.4, 0.5) is 4.79 Å². The summed E-state index contributed by atoms with van der Waals surface area (Å²) in [5.74, 6) is 0.0898. The molecule has 2 rings (SSSR count). The lowest BCUT2D eigenvalue weighted by Gasteiger charge is -2.39. The molecule has 6 nitrogen and oxygen atoms in total. The Morgan fingerprint density at radius 2 is 1.94 bits per heavy atom. The molecule has 1 heterocycles. The van der Waals surface area contributed by atoms with Gasteiger partial charge in [-0.1, -0.05) is 12.8 Å². The fourth-order valence-corrected chi connectivity index (χ4v) is 2.69. The van der Waals surface area contributed by atoms with E-state index in [1.54, 1.807) is 4.90 Å². The third-order valence-corrected chi connectivity index (χ3v) is 3.77. The number of carbonyl (C=O) groups excluding carboxylic acids is 2. The number of carbonyl (C=O) groups is 2. The summed E-state index contributed by atoms with van der Waals surface area (Å²) < 4.78 is 4.57. The summed E-state index contributed by atoms with van der Waals surface area (Å²) in [5, 5.41) is 11.9. The van der Waals surface area contributed by atoms with Gasteiger partial charge in [0.25, 0.3) is 0 Å². The van der Waals surface area contributed by atoms with Crippen LogP contribution in [-0.2, 0) is 9.53 Å². The molecule has 102 valence electrons. The second kappa shape index (κ2) is 5.56. The minimum absolute atomic E-state index is 0.0994. The number of alkyl carbamates (subject to hydrolysis) is 1. The molecular weight excluding hydrogens is 236 g/mol. The number of aliphatic hydroxyl groups excluding tert-OH is 1. The zero-order chi connectivity index (χ0) is 13.1. The molecule has 6 heteroatoms. The average molecular weight is 256 g/mol. The second-order valence-corrected chi connectivity index (χ2v) is 5.06. The molecule has 0 radical (unpaired) electrons. The topological polar surface area (TPSA) is 78.9 Å². The molecule has 2 aliphatic rings. The monoisotopic (exact) mass is 256 g/mol. The van der Waals surface area contributed by atoms with Crippen molar-refractivity contribution in [3.05, 3.63) is 0 Å². The smallest absolute Gasteiger partial charge is 0.407 e. The number of nitrogens with one attached hydrogen (secondary N) is 1. The molecule has 1 atom stereocenters. The SMILES string of the molecule is COC(=O)NC(C(=O)N1CC(O)C1)C1CCCC1. The molecule has 1 aliphatic heterocycles. The van der Waals surface area contributed by atoms with Crippen LogP contribution in [0, 0.1) is 5.92 Å². The number of aliphatic hydroxyl groups is 1. The maximum atomic E-state index is 12.3. The number of amides is 2. The zero-order valence-corrected chi connectivity index (χ0v) is 10.6. The maximum absolute atomic E-state index is 12.3. The summed E-state index contributed by atoms with van der Waals surface area (Å²) in [6.45, 7) is 0.732. The first-order valence-electron chi connectivity index (χ1n) is 6.43. The highest BCUT2D eigenvalue weighted by Gasteiger charge is 2.38. The number of nitrogens with zero attached hydrogens (tertiary/aromatic N) is 1. The number of methoxy groups -OCH3 is 1. The van der Waals surface area contributed by atoms with E-state index in [0.717, 1.165) is 25.7 Å². The van der Waals surface area contributed by atoms with Crippen molar-refractivity contribution < 1.29 is 19.4 Å². The van der Waals surface area contributed by atoms with Crippen molar-refractivity contribution in [2.45, 2.75) is 37.8 Å². The van der Waals surface area contributed by atoms with Gasteiger partial charge in [0.15, 0.2) is 0 Å². The van der Waals surface area contributed by atoms with Crippen molar-refractivity contribution in [1.29, 1.82) is 0 Å². The fraction of sp³-hybridized carbons (Fsp3) is 0.833. The first-order valence-corrected chi connectivity index (χ1v) is 6.43. The minimum Gasteiger partial charge on any atom is -0.453 e. The van der Waals surface area contributed by atoms with E-state index in [-0.39, 0.29) is 11.8 Å². The molecule has 1 saturated carbocycles. The van der Waals surface area contributed by atoms with Crippen molar-refractivity contribution in [1.82, 2.24) is 10.2 Å². The van der Waals surface area contributed by atoms with E-state index in [0.29, 0.717) is 13.1 Å². The van der Waals surface area contributed by atoms with E-state index in [2.05, 4.69) is 10.1 Å². The molecule has 0 aromatic carbocycles. The van der Waals surface area contributed by atoms with Gasteiger partial charge in [-0.3, -0.25) is 4.79 Å². The Bertz CT molecular complexity index is 322. The van der Waals surface area contributed by atoms with E-state index in [9.17, 15) is 14.7 Å². The lowest BCUT2D eigenvalue weighted by Crippen LogP contribution is -2.60. The predicted octanol–water partition coefficient (Wildman–Crippen LogP) is 0.104.